The van der Waals surface area contributed by atoms with Crippen molar-refractivity contribution >= 4 is 6.08 Å². The van der Waals surface area contributed by atoms with Crippen LogP contribution >= 0.6 is 0 Å². The number of nitrogens with zero attached hydrogens (tertiary/aromatic N) is 1. The quantitative estimate of drug-likeness (QED) is 0.570. The number of alkyl halides is 1. The maximum Gasteiger partial charge on any atom is 0.235 e. The average Bonchev–Trinajstić information content (AvgIpc) is 2.15. The SMILES string of the molecule is O=C=NCC(F)c1ccc(O)cc1. The van der Waals surface area contributed by atoms with Crippen molar-refractivity contribution in [1.29, 1.82) is 0 Å². The summed E-state index contributed by atoms with van der Waals surface area (Å²) in [6, 6.07) is 5.65. The maximum atomic E-state index is 13.1. The zero-order valence-corrected chi connectivity index (χ0v) is 6.77. The summed E-state index contributed by atoms with van der Waals surface area (Å²) in [5.74, 6) is 0.0786. The van der Waals surface area contributed by atoms with Gasteiger partial charge in [-0.05, 0) is 17.7 Å². The first kappa shape index (κ1) is 9.42. The molecular weight excluding hydrogens is 173 g/mol. The summed E-state index contributed by atoms with van der Waals surface area (Å²) >= 11 is 0. The van der Waals surface area contributed by atoms with Crippen molar-refractivity contribution in [3.8, 4) is 5.75 Å². The highest BCUT2D eigenvalue weighted by atomic mass is 19.1. The molecule has 0 saturated heterocycles. The largest absolute Gasteiger partial charge is 0.508 e. The van der Waals surface area contributed by atoms with Crippen molar-refractivity contribution in [1.82, 2.24) is 0 Å². The summed E-state index contributed by atoms with van der Waals surface area (Å²) < 4.78 is 13.1. The van der Waals surface area contributed by atoms with Gasteiger partial charge < -0.3 is 5.11 Å². The van der Waals surface area contributed by atoms with E-state index in [1.165, 1.54) is 30.3 Å². The van der Waals surface area contributed by atoms with Gasteiger partial charge in [0.1, 0.15) is 11.9 Å². The molecule has 0 saturated carbocycles. The van der Waals surface area contributed by atoms with Gasteiger partial charge in [-0.3, -0.25) is 0 Å². The number of aliphatic imine (C=N–C) groups is 1. The molecule has 1 atom stereocenters. The maximum absolute atomic E-state index is 13.1. The molecule has 68 valence electrons. The molecule has 0 fully saturated rings. The van der Waals surface area contributed by atoms with Gasteiger partial charge in [-0.15, -0.1) is 0 Å². The highest BCUT2D eigenvalue weighted by molar-refractivity contribution is 5.33. The molecule has 4 heteroatoms. The Morgan fingerprint density at radius 2 is 2.08 bits per heavy atom. The van der Waals surface area contributed by atoms with E-state index in [-0.39, 0.29) is 12.3 Å². The number of aromatic hydroxyl groups is 1. The minimum absolute atomic E-state index is 0.0786. The molecule has 13 heavy (non-hydrogen) atoms. The molecule has 0 amide bonds. The fourth-order valence-electron chi connectivity index (χ4n) is 0.906. The Hall–Kier alpha value is -1.67. The van der Waals surface area contributed by atoms with E-state index in [2.05, 4.69) is 4.99 Å². The number of hydrogen-bond donors (Lipinski definition) is 1. The Bertz CT molecular complexity index is 317. The molecule has 0 aromatic heterocycles. The van der Waals surface area contributed by atoms with Gasteiger partial charge in [-0.2, -0.15) is 0 Å². The third kappa shape index (κ3) is 2.69. The summed E-state index contributed by atoms with van der Waals surface area (Å²) in [6.45, 7) is -0.228. The Kier molecular flexibility index (Phi) is 3.17. The van der Waals surface area contributed by atoms with E-state index in [1.807, 2.05) is 0 Å². The molecule has 0 radical (unpaired) electrons. The third-order valence-corrected chi connectivity index (χ3v) is 1.57. The molecule has 0 heterocycles. The second kappa shape index (κ2) is 4.38. The fraction of sp³-hybridized carbons (Fsp3) is 0.222. The Morgan fingerprint density at radius 3 is 2.62 bits per heavy atom. The number of carbonyl (C=O) groups excluding carboxylic acids is 1. The van der Waals surface area contributed by atoms with Crippen molar-refractivity contribution in [2.75, 3.05) is 6.54 Å². The molecule has 1 aromatic rings. The van der Waals surface area contributed by atoms with Crippen LogP contribution in [0.2, 0.25) is 0 Å². The van der Waals surface area contributed by atoms with E-state index in [9.17, 15) is 9.18 Å². The van der Waals surface area contributed by atoms with Crippen LogP contribution in [0.4, 0.5) is 4.39 Å². The number of phenols is 1. The van der Waals surface area contributed by atoms with Gasteiger partial charge in [0, 0.05) is 0 Å². The predicted molar refractivity (Wildman–Crippen MR) is 44.9 cm³/mol. The zero-order chi connectivity index (χ0) is 9.68. The predicted octanol–water partition coefficient (Wildman–Crippen LogP) is 1.74. The molecule has 1 rings (SSSR count). The average molecular weight is 181 g/mol. The van der Waals surface area contributed by atoms with Crippen LogP contribution in [0.15, 0.2) is 29.3 Å². The molecule has 1 unspecified atom stereocenters. The molecule has 0 aliphatic rings. The minimum atomic E-state index is -1.32. The Morgan fingerprint density at radius 1 is 1.46 bits per heavy atom. The third-order valence-electron chi connectivity index (χ3n) is 1.57. The molecule has 3 nitrogen and oxygen atoms in total. The van der Waals surface area contributed by atoms with Crippen molar-refractivity contribution in [3.63, 3.8) is 0 Å². The van der Waals surface area contributed by atoms with Gasteiger partial charge in [-0.25, -0.2) is 14.2 Å². The van der Waals surface area contributed by atoms with E-state index in [0.717, 1.165) is 0 Å². The van der Waals surface area contributed by atoms with E-state index in [1.54, 1.807) is 0 Å². The van der Waals surface area contributed by atoms with Gasteiger partial charge >= 0.3 is 0 Å². The second-order valence-corrected chi connectivity index (χ2v) is 2.49. The van der Waals surface area contributed by atoms with Crippen LogP contribution in [-0.4, -0.2) is 17.7 Å². The minimum Gasteiger partial charge on any atom is -0.508 e. The van der Waals surface area contributed by atoms with Crippen LogP contribution < -0.4 is 0 Å². The zero-order valence-electron chi connectivity index (χ0n) is 6.77. The normalized spacial score (nSPS) is 11.8. The smallest absolute Gasteiger partial charge is 0.235 e. The number of isocyanates is 1. The number of benzene rings is 1. The van der Waals surface area contributed by atoms with E-state index < -0.39 is 6.17 Å². The van der Waals surface area contributed by atoms with Gasteiger partial charge in [0.2, 0.25) is 6.08 Å². The molecule has 0 bridgehead atoms. The van der Waals surface area contributed by atoms with Crippen molar-refractivity contribution in [2.45, 2.75) is 6.17 Å². The van der Waals surface area contributed by atoms with Crippen LogP contribution in [0.5, 0.6) is 5.75 Å². The lowest BCUT2D eigenvalue weighted by molar-refractivity contribution is 0.352. The fourth-order valence-corrected chi connectivity index (χ4v) is 0.906. The molecule has 1 aromatic carbocycles. The van der Waals surface area contributed by atoms with Crippen LogP contribution in [-0.2, 0) is 4.79 Å². The Labute approximate surface area is 74.5 Å². The van der Waals surface area contributed by atoms with Crippen molar-refractivity contribution in [3.05, 3.63) is 29.8 Å². The first-order valence-corrected chi connectivity index (χ1v) is 3.70. The topological polar surface area (TPSA) is 49.7 Å². The molecule has 0 aliphatic heterocycles. The van der Waals surface area contributed by atoms with E-state index >= 15 is 0 Å². The highest BCUT2D eigenvalue weighted by Gasteiger charge is 2.07. The van der Waals surface area contributed by atoms with Gasteiger partial charge in [0.15, 0.2) is 0 Å². The highest BCUT2D eigenvalue weighted by Crippen LogP contribution is 2.19. The molecule has 0 spiro atoms. The lowest BCUT2D eigenvalue weighted by Crippen LogP contribution is -1.94. The number of hydrogen-bond acceptors (Lipinski definition) is 3. The number of phenolic OH excluding ortho intramolecular Hbond substituents is 1. The summed E-state index contributed by atoms with van der Waals surface area (Å²) in [6.07, 6.45) is -0.0522. The van der Waals surface area contributed by atoms with Gasteiger partial charge in [-0.1, -0.05) is 12.1 Å². The molecule has 0 aliphatic carbocycles. The monoisotopic (exact) mass is 181 g/mol. The van der Waals surface area contributed by atoms with Gasteiger partial charge in [0.25, 0.3) is 0 Å². The van der Waals surface area contributed by atoms with Gasteiger partial charge in [0.05, 0.1) is 6.54 Å². The van der Waals surface area contributed by atoms with Crippen molar-refractivity contribution < 1.29 is 14.3 Å². The lowest BCUT2D eigenvalue weighted by atomic mass is 10.1. The standard InChI is InChI=1S/C9H8FNO2/c10-9(5-11-6-12)7-1-3-8(13)4-2-7/h1-4,9,13H,5H2. The lowest BCUT2D eigenvalue weighted by Gasteiger charge is -2.03. The number of halogens is 1. The van der Waals surface area contributed by atoms with Crippen LogP contribution in [0.3, 0.4) is 0 Å². The van der Waals surface area contributed by atoms with Crippen LogP contribution in [0.1, 0.15) is 11.7 Å². The van der Waals surface area contributed by atoms with Crippen LogP contribution in [0.25, 0.3) is 0 Å². The summed E-state index contributed by atoms with van der Waals surface area (Å²) in [7, 11) is 0. The van der Waals surface area contributed by atoms with Crippen LogP contribution in [0, 0.1) is 0 Å². The Balaban J connectivity index is 2.71. The second-order valence-electron chi connectivity index (χ2n) is 2.49. The summed E-state index contributed by atoms with van der Waals surface area (Å²) in [5, 5.41) is 8.91. The van der Waals surface area contributed by atoms with E-state index in [4.69, 9.17) is 5.11 Å². The first-order valence-electron chi connectivity index (χ1n) is 3.70. The summed E-state index contributed by atoms with van der Waals surface area (Å²) in [4.78, 5) is 12.8. The molecule has 1 N–H and O–H groups in total. The first-order chi connectivity index (χ1) is 6.24. The van der Waals surface area contributed by atoms with Crippen molar-refractivity contribution in [2.24, 2.45) is 4.99 Å². The summed E-state index contributed by atoms with van der Waals surface area (Å²) in [5.41, 5.74) is 0.386. The number of rotatable bonds is 3. The molecular formula is C9H8FNO2. The van der Waals surface area contributed by atoms with E-state index in [0.29, 0.717) is 5.56 Å².